The van der Waals surface area contributed by atoms with Gasteiger partial charge in [0.15, 0.2) is 0 Å². The Balaban J connectivity index is 1.94. The van der Waals surface area contributed by atoms with Crippen LogP contribution in [0.2, 0.25) is 0 Å². The molecule has 1 aromatic heterocycles. The highest BCUT2D eigenvalue weighted by molar-refractivity contribution is 7.99. The maximum absolute atomic E-state index is 8.87. The van der Waals surface area contributed by atoms with Gasteiger partial charge in [-0.15, -0.1) is 0 Å². The van der Waals surface area contributed by atoms with Gasteiger partial charge in [0.25, 0.3) is 0 Å². The quantitative estimate of drug-likeness (QED) is 0.647. The van der Waals surface area contributed by atoms with Crippen molar-refractivity contribution in [3.63, 3.8) is 0 Å². The largest absolute Gasteiger partial charge is 0.249 e. The van der Waals surface area contributed by atoms with Crippen molar-refractivity contribution in [2.75, 3.05) is 0 Å². The van der Waals surface area contributed by atoms with Crippen LogP contribution in [-0.2, 0) is 0 Å². The van der Waals surface area contributed by atoms with Crippen molar-refractivity contribution in [2.24, 2.45) is 0 Å². The zero-order valence-electron chi connectivity index (χ0n) is 11.9. The van der Waals surface area contributed by atoms with Gasteiger partial charge in [-0.25, -0.2) is 4.98 Å². The van der Waals surface area contributed by atoms with Gasteiger partial charge >= 0.3 is 0 Å². The smallest absolute Gasteiger partial charge is 0.101 e. The lowest BCUT2D eigenvalue weighted by Crippen LogP contribution is -1.97. The molecule has 2 nitrogen and oxygen atoms in total. The average molecular weight is 302 g/mol. The van der Waals surface area contributed by atoms with Crippen molar-refractivity contribution in [1.29, 1.82) is 5.26 Å². The van der Waals surface area contributed by atoms with Crippen molar-refractivity contribution in [1.82, 2.24) is 4.98 Å². The number of thioether (sulfide) groups is 1. The Hall–Kier alpha value is -2.57. The van der Waals surface area contributed by atoms with Crippen molar-refractivity contribution in [3.05, 3.63) is 95.7 Å². The fourth-order valence-corrected chi connectivity index (χ4v) is 3.31. The first kappa shape index (κ1) is 14.4. The van der Waals surface area contributed by atoms with E-state index in [4.69, 9.17) is 5.26 Å². The number of benzene rings is 2. The number of rotatable bonds is 4. The Morgan fingerprint density at radius 3 is 1.86 bits per heavy atom. The van der Waals surface area contributed by atoms with E-state index in [-0.39, 0.29) is 5.25 Å². The van der Waals surface area contributed by atoms with E-state index >= 15 is 0 Å². The number of hydrogen-bond donors (Lipinski definition) is 0. The lowest BCUT2D eigenvalue weighted by atomic mass is 10.0. The summed E-state index contributed by atoms with van der Waals surface area (Å²) in [6.45, 7) is 0. The molecule has 0 atom stereocenters. The van der Waals surface area contributed by atoms with Gasteiger partial charge in [0.1, 0.15) is 6.07 Å². The van der Waals surface area contributed by atoms with Gasteiger partial charge in [0, 0.05) is 6.20 Å². The van der Waals surface area contributed by atoms with Crippen LogP contribution in [0.5, 0.6) is 0 Å². The molecule has 0 saturated heterocycles. The molecule has 3 rings (SSSR count). The van der Waals surface area contributed by atoms with Crippen molar-refractivity contribution in [2.45, 2.75) is 10.3 Å². The molecule has 0 aliphatic rings. The molecule has 2 aromatic carbocycles. The Bertz CT molecular complexity index is 723. The first-order chi connectivity index (χ1) is 10.9. The minimum absolute atomic E-state index is 0.183. The molecule has 0 bridgehead atoms. The number of nitrogens with zero attached hydrogens (tertiary/aromatic N) is 2. The second kappa shape index (κ2) is 6.93. The molecule has 0 spiro atoms. The summed E-state index contributed by atoms with van der Waals surface area (Å²) in [5, 5.41) is 9.97. The molecule has 3 heteroatoms. The first-order valence-electron chi connectivity index (χ1n) is 6.99. The van der Waals surface area contributed by atoms with E-state index in [1.807, 2.05) is 24.3 Å². The zero-order chi connectivity index (χ0) is 15.2. The van der Waals surface area contributed by atoms with E-state index in [9.17, 15) is 0 Å². The maximum Gasteiger partial charge on any atom is 0.101 e. The second-order valence-electron chi connectivity index (χ2n) is 4.82. The minimum Gasteiger partial charge on any atom is -0.249 e. The molecule has 0 N–H and O–H groups in total. The number of hydrogen-bond acceptors (Lipinski definition) is 3. The monoisotopic (exact) mass is 302 g/mol. The summed E-state index contributed by atoms with van der Waals surface area (Å²) in [6, 6.07) is 26.6. The molecule has 22 heavy (non-hydrogen) atoms. The van der Waals surface area contributed by atoms with E-state index in [2.05, 4.69) is 59.6 Å². The topological polar surface area (TPSA) is 36.7 Å². The van der Waals surface area contributed by atoms with Crippen LogP contribution >= 0.6 is 11.8 Å². The summed E-state index contributed by atoms with van der Waals surface area (Å²) in [5.41, 5.74) is 3.06. The third-order valence-corrected chi connectivity index (χ3v) is 4.57. The van der Waals surface area contributed by atoms with Gasteiger partial charge in [-0.1, -0.05) is 72.4 Å². The van der Waals surface area contributed by atoms with Crippen LogP contribution in [0.3, 0.4) is 0 Å². The lowest BCUT2D eigenvalue weighted by Gasteiger charge is -2.17. The van der Waals surface area contributed by atoms with Crippen LogP contribution in [0.15, 0.2) is 84.0 Å². The van der Waals surface area contributed by atoms with E-state index in [0.29, 0.717) is 5.56 Å². The predicted octanol–water partition coefficient (Wildman–Crippen LogP) is 4.83. The van der Waals surface area contributed by atoms with Gasteiger partial charge in [0.2, 0.25) is 0 Å². The zero-order valence-corrected chi connectivity index (χ0v) is 12.7. The first-order valence-corrected chi connectivity index (χ1v) is 7.87. The summed E-state index contributed by atoms with van der Waals surface area (Å²) in [7, 11) is 0. The van der Waals surface area contributed by atoms with E-state index in [1.165, 1.54) is 11.1 Å². The molecule has 1 heterocycles. The van der Waals surface area contributed by atoms with E-state index in [0.717, 1.165) is 5.03 Å². The van der Waals surface area contributed by atoms with E-state index in [1.54, 1.807) is 18.0 Å². The summed E-state index contributed by atoms with van der Waals surface area (Å²) in [5.74, 6) is 0. The highest BCUT2D eigenvalue weighted by atomic mass is 32.2. The molecule has 106 valence electrons. The van der Waals surface area contributed by atoms with Crippen LogP contribution in [0.1, 0.15) is 21.9 Å². The molecule has 0 fully saturated rings. The Morgan fingerprint density at radius 2 is 1.41 bits per heavy atom. The predicted molar refractivity (Wildman–Crippen MR) is 89.5 cm³/mol. The third kappa shape index (κ3) is 3.36. The highest BCUT2D eigenvalue weighted by Gasteiger charge is 2.16. The SMILES string of the molecule is N#Cc1ccc(SC(c2ccccc2)c2ccccc2)nc1. The van der Waals surface area contributed by atoms with Crippen LogP contribution < -0.4 is 0 Å². The standard InChI is InChI=1S/C19H14N2S/c20-13-15-11-12-18(21-14-15)22-19(16-7-3-1-4-8-16)17-9-5-2-6-10-17/h1-12,14,19H. The van der Waals surface area contributed by atoms with Crippen LogP contribution in [0, 0.1) is 11.3 Å². The van der Waals surface area contributed by atoms with Crippen molar-refractivity contribution >= 4 is 11.8 Å². The summed E-state index contributed by atoms with van der Waals surface area (Å²) in [4.78, 5) is 4.38. The van der Waals surface area contributed by atoms with Gasteiger partial charge in [-0.3, -0.25) is 0 Å². The summed E-state index contributed by atoms with van der Waals surface area (Å²) >= 11 is 1.69. The molecular formula is C19H14N2S. The molecule has 0 saturated carbocycles. The van der Waals surface area contributed by atoms with Crippen LogP contribution in [-0.4, -0.2) is 4.98 Å². The van der Waals surface area contributed by atoms with Gasteiger partial charge in [-0.2, -0.15) is 5.26 Å². The lowest BCUT2D eigenvalue weighted by molar-refractivity contribution is 1.09. The van der Waals surface area contributed by atoms with Gasteiger partial charge < -0.3 is 0 Å². The molecular weight excluding hydrogens is 288 g/mol. The third-order valence-electron chi connectivity index (χ3n) is 3.31. The van der Waals surface area contributed by atoms with Crippen molar-refractivity contribution < 1.29 is 0 Å². The number of aromatic nitrogens is 1. The Morgan fingerprint density at radius 1 is 0.818 bits per heavy atom. The van der Waals surface area contributed by atoms with Crippen molar-refractivity contribution in [3.8, 4) is 6.07 Å². The normalized spacial score (nSPS) is 10.4. The number of nitriles is 1. The molecule has 0 amide bonds. The average Bonchev–Trinajstić information content (AvgIpc) is 2.62. The maximum atomic E-state index is 8.87. The molecule has 3 aromatic rings. The molecule has 0 aliphatic heterocycles. The Kier molecular flexibility index (Phi) is 4.53. The molecule has 0 radical (unpaired) electrons. The highest BCUT2D eigenvalue weighted by Crippen LogP contribution is 2.39. The number of pyridine rings is 1. The van der Waals surface area contributed by atoms with Gasteiger partial charge in [0.05, 0.1) is 15.8 Å². The fraction of sp³-hybridized carbons (Fsp3) is 0.0526. The Labute approximate surface area is 134 Å². The summed E-state index contributed by atoms with van der Waals surface area (Å²) < 4.78 is 0. The summed E-state index contributed by atoms with van der Waals surface area (Å²) in [6.07, 6.45) is 1.62. The second-order valence-corrected chi connectivity index (χ2v) is 5.94. The van der Waals surface area contributed by atoms with Crippen LogP contribution in [0.4, 0.5) is 0 Å². The molecule has 0 unspecified atom stereocenters. The van der Waals surface area contributed by atoms with Crippen LogP contribution in [0.25, 0.3) is 0 Å². The van der Waals surface area contributed by atoms with Gasteiger partial charge in [-0.05, 0) is 23.3 Å². The van der Waals surface area contributed by atoms with E-state index < -0.39 is 0 Å². The minimum atomic E-state index is 0.183. The molecule has 0 aliphatic carbocycles. The fourth-order valence-electron chi connectivity index (χ4n) is 2.22.